The molecule has 1 aliphatic rings. The molecule has 1 aromatic rings. The van der Waals surface area contributed by atoms with Crippen molar-refractivity contribution in [1.29, 1.82) is 0 Å². The molecule has 2 rings (SSSR count). The van der Waals surface area contributed by atoms with Gasteiger partial charge in [-0.25, -0.2) is 12.7 Å². The first kappa shape index (κ1) is 17.4. The van der Waals surface area contributed by atoms with Crippen LogP contribution < -0.4 is 5.32 Å². The van der Waals surface area contributed by atoms with Crippen LogP contribution in [0.3, 0.4) is 0 Å². The van der Waals surface area contributed by atoms with Gasteiger partial charge in [0.25, 0.3) is 0 Å². The van der Waals surface area contributed by atoms with E-state index in [-0.39, 0.29) is 18.2 Å². The maximum Gasteiger partial charge on any atom is 0.218 e. The Hall–Kier alpha value is -0.620. The van der Waals surface area contributed by atoms with Crippen LogP contribution in [-0.2, 0) is 15.8 Å². The Morgan fingerprint density at radius 3 is 2.50 bits per heavy atom. The average Bonchev–Trinajstić information content (AvgIpc) is 2.38. The highest BCUT2D eigenvalue weighted by Gasteiger charge is 2.27. The Labute approximate surface area is 128 Å². The molecule has 0 aliphatic carbocycles. The fourth-order valence-electron chi connectivity index (χ4n) is 2.53. The Balaban J connectivity index is 0.00000200. The lowest BCUT2D eigenvalue weighted by Crippen LogP contribution is -2.44. The van der Waals surface area contributed by atoms with Gasteiger partial charge in [-0.1, -0.05) is 29.8 Å². The van der Waals surface area contributed by atoms with Crippen LogP contribution in [0, 0.1) is 6.92 Å². The van der Waals surface area contributed by atoms with Crippen LogP contribution >= 0.6 is 12.4 Å². The van der Waals surface area contributed by atoms with Gasteiger partial charge in [0.15, 0.2) is 0 Å². The van der Waals surface area contributed by atoms with Crippen molar-refractivity contribution in [3.05, 3.63) is 35.4 Å². The summed E-state index contributed by atoms with van der Waals surface area (Å²) in [6.07, 6.45) is 1.78. The minimum Gasteiger partial charge on any atom is -0.317 e. The quantitative estimate of drug-likeness (QED) is 0.923. The molecule has 0 amide bonds. The second-order valence-electron chi connectivity index (χ2n) is 5.21. The van der Waals surface area contributed by atoms with Crippen molar-refractivity contribution in [3.63, 3.8) is 0 Å². The SMILES string of the molecule is CNC1CCN(S(=O)(=O)Cc2cccc(C)c2)CC1.Cl. The van der Waals surface area contributed by atoms with E-state index in [4.69, 9.17) is 0 Å². The van der Waals surface area contributed by atoms with Gasteiger partial charge >= 0.3 is 0 Å². The van der Waals surface area contributed by atoms with Crippen LogP contribution in [0.25, 0.3) is 0 Å². The number of benzene rings is 1. The van der Waals surface area contributed by atoms with Crippen LogP contribution in [0.15, 0.2) is 24.3 Å². The highest BCUT2D eigenvalue weighted by Crippen LogP contribution is 2.18. The third kappa shape index (κ3) is 4.45. The monoisotopic (exact) mass is 318 g/mol. The van der Waals surface area contributed by atoms with Gasteiger partial charge in [0.05, 0.1) is 5.75 Å². The summed E-state index contributed by atoms with van der Waals surface area (Å²) in [5, 5.41) is 3.21. The first-order valence-corrected chi connectivity index (χ1v) is 8.33. The van der Waals surface area contributed by atoms with Crippen LogP contribution in [0.1, 0.15) is 24.0 Å². The molecule has 1 N–H and O–H groups in total. The molecule has 0 unspecified atom stereocenters. The maximum absolute atomic E-state index is 12.4. The van der Waals surface area contributed by atoms with Gasteiger partial charge < -0.3 is 5.32 Å². The normalized spacial score (nSPS) is 17.7. The predicted molar refractivity (Wildman–Crippen MR) is 84.7 cm³/mol. The fraction of sp³-hybridized carbons (Fsp3) is 0.571. The first-order valence-electron chi connectivity index (χ1n) is 6.72. The lowest BCUT2D eigenvalue weighted by Gasteiger charge is -2.31. The molecule has 1 aromatic carbocycles. The number of halogens is 1. The summed E-state index contributed by atoms with van der Waals surface area (Å²) >= 11 is 0. The summed E-state index contributed by atoms with van der Waals surface area (Å²) in [5.74, 6) is 0.110. The van der Waals surface area contributed by atoms with Crippen LogP contribution in [-0.4, -0.2) is 38.9 Å². The molecular weight excluding hydrogens is 296 g/mol. The molecule has 0 aromatic heterocycles. The van der Waals surface area contributed by atoms with Gasteiger partial charge in [-0.3, -0.25) is 0 Å². The van der Waals surface area contributed by atoms with E-state index in [1.54, 1.807) is 4.31 Å². The molecule has 1 heterocycles. The third-order valence-electron chi connectivity index (χ3n) is 3.69. The Bertz CT molecular complexity index is 526. The van der Waals surface area contributed by atoms with E-state index in [2.05, 4.69) is 5.32 Å². The van der Waals surface area contributed by atoms with Crippen LogP contribution in [0.5, 0.6) is 0 Å². The van der Waals surface area contributed by atoms with E-state index in [0.29, 0.717) is 19.1 Å². The van der Waals surface area contributed by atoms with Gasteiger partial charge in [0, 0.05) is 19.1 Å². The molecule has 20 heavy (non-hydrogen) atoms. The summed E-state index contributed by atoms with van der Waals surface area (Å²) in [6, 6.07) is 8.16. The molecule has 0 atom stereocenters. The lowest BCUT2D eigenvalue weighted by atomic mass is 10.1. The molecular formula is C14H23ClN2O2S. The lowest BCUT2D eigenvalue weighted by molar-refractivity contribution is 0.298. The third-order valence-corrected chi connectivity index (χ3v) is 5.54. The second-order valence-corrected chi connectivity index (χ2v) is 7.18. The number of sulfonamides is 1. The van der Waals surface area contributed by atoms with E-state index < -0.39 is 10.0 Å². The Kier molecular flexibility index (Phi) is 6.45. The number of nitrogens with zero attached hydrogens (tertiary/aromatic N) is 1. The van der Waals surface area contributed by atoms with Crippen molar-refractivity contribution in [1.82, 2.24) is 9.62 Å². The molecule has 1 fully saturated rings. The molecule has 4 nitrogen and oxygen atoms in total. The van der Waals surface area contributed by atoms with Crippen molar-refractivity contribution in [2.75, 3.05) is 20.1 Å². The Morgan fingerprint density at radius 2 is 1.95 bits per heavy atom. The highest BCUT2D eigenvalue weighted by molar-refractivity contribution is 7.88. The van der Waals surface area contributed by atoms with Crippen molar-refractivity contribution < 1.29 is 8.42 Å². The van der Waals surface area contributed by atoms with Crippen molar-refractivity contribution in [3.8, 4) is 0 Å². The minimum atomic E-state index is -3.18. The van der Waals surface area contributed by atoms with Crippen molar-refractivity contribution in [2.24, 2.45) is 0 Å². The standard InChI is InChI=1S/C14H22N2O2S.ClH/c1-12-4-3-5-13(10-12)11-19(17,18)16-8-6-14(15-2)7-9-16;/h3-5,10,14-15H,6-9,11H2,1-2H3;1H. The zero-order valence-corrected chi connectivity index (χ0v) is 13.6. The number of aryl methyl sites for hydroxylation is 1. The maximum atomic E-state index is 12.4. The van der Waals surface area contributed by atoms with E-state index in [1.807, 2.05) is 38.2 Å². The summed E-state index contributed by atoms with van der Waals surface area (Å²) in [4.78, 5) is 0. The first-order chi connectivity index (χ1) is 9.01. The van der Waals surface area contributed by atoms with Gasteiger partial charge in [-0.15, -0.1) is 12.4 Å². The number of rotatable bonds is 4. The smallest absolute Gasteiger partial charge is 0.218 e. The minimum absolute atomic E-state index is 0. The van der Waals surface area contributed by atoms with E-state index in [9.17, 15) is 8.42 Å². The van der Waals surface area contributed by atoms with Crippen molar-refractivity contribution in [2.45, 2.75) is 31.6 Å². The number of hydrogen-bond donors (Lipinski definition) is 1. The largest absolute Gasteiger partial charge is 0.317 e. The van der Waals surface area contributed by atoms with E-state index in [1.165, 1.54) is 0 Å². The van der Waals surface area contributed by atoms with Gasteiger partial charge in [-0.2, -0.15) is 0 Å². The molecule has 1 saturated heterocycles. The summed E-state index contributed by atoms with van der Waals surface area (Å²) in [7, 11) is -1.25. The van der Waals surface area contributed by atoms with E-state index in [0.717, 1.165) is 24.0 Å². The molecule has 6 heteroatoms. The van der Waals surface area contributed by atoms with Gasteiger partial charge in [0.2, 0.25) is 10.0 Å². The van der Waals surface area contributed by atoms with E-state index >= 15 is 0 Å². The van der Waals surface area contributed by atoms with Crippen molar-refractivity contribution >= 4 is 22.4 Å². The zero-order valence-electron chi connectivity index (χ0n) is 12.0. The molecule has 114 valence electrons. The molecule has 0 radical (unpaired) electrons. The number of hydrogen-bond acceptors (Lipinski definition) is 3. The zero-order chi connectivity index (χ0) is 13.9. The second kappa shape index (κ2) is 7.41. The van der Waals surface area contributed by atoms with Crippen LogP contribution in [0.2, 0.25) is 0 Å². The average molecular weight is 319 g/mol. The molecule has 0 bridgehead atoms. The molecule has 1 aliphatic heterocycles. The molecule has 0 saturated carbocycles. The predicted octanol–water partition coefficient (Wildman–Crippen LogP) is 1.93. The topological polar surface area (TPSA) is 49.4 Å². The van der Waals surface area contributed by atoms with Gasteiger partial charge in [0.1, 0.15) is 0 Å². The number of piperidine rings is 1. The summed E-state index contributed by atoms with van der Waals surface area (Å²) in [6.45, 7) is 3.23. The summed E-state index contributed by atoms with van der Waals surface area (Å²) < 4.78 is 26.4. The number of nitrogens with one attached hydrogen (secondary N) is 1. The Morgan fingerprint density at radius 1 is 1.30 bits per heavy atom. The highest BCUT2D eigenvalue weighted by atomic mass is 35.5. The van der Waals surface area contributed by atoms with Crippen LogP contribution in [0.4, 0.5) is 0 Å². The van der Waals surface area contributed by atoms with Gasteiger partial charge in [-0.05, 0) is 32.4 Å². The molecule has 0 spiro atoms. The fourth-order valence-corrected chi connectivity index (χ4v) is 4.08. The summed E-state index contributed by atoms with van der Waals surface area (Å²) in [5.41, 5.74) is 1.97.